The number of nitrogens with one attached hydrogen (secondary N) is 1. The number of nitrogens with zero attached hydrogens (tertiary/aromatic N) is 2. The summed E-state index contributed by atoms with van der Waals surface area (Å²) >= 11 is 0. The van der Waals surface area contributed by atoms with Crippen molar-refractivity contribution in [1.82, 2.24) is 9.78 Å². The Labute approximate surface area is 114 Å². The molecule has 3 rings (SSSR count). The zero-order valence-corrected chi connectivity index (χ0v) is 11.5. The van der Waals surface area contributed by atoms with Gasteiger partial charge >= 0.3 is 0 Å². The van der Waals surface area contributed by atoms with E-state index in [1.54, 1.807) is 0 Å². The van der Waals surface area contributed by atoms with Crippen LogP contribution in [0.4, 0.5) is 5.69 Å². The van der Waals surface area contributed by atoms with E-state index in [0.29, 0.717) is 5.92 Å². The summed E-state index contributed by atoms with van der Waals surface area (Å²) in [6, 6.07) is 10.9. The van der Waals surface area contributed by atoms with E-state index in [-0.39, 0.29) is 0 Å². The third kappa shape index (κ3) is 2.50. The average Bonchev–Trinajstić information content (AvgIpc) is 2.87. The topological polar surface area (TPSA) is 29.9 Å². The Morgan fingerprint density at radius 1 is 1.32 bits per heavy atom. The smallest absolute Gasteiger partial charge is 0.0492 e. The summed E-state index contributed by atoms with van der Waals surface area (Å²) in [7, 11) is 0. The highest BCUT2D eigenvalue weighted by Gasteiger charge is 2.20. The molecule has 1 aromatic heterocycles. The first kappa shape index (κ1) is 12.3. The van der Waals surface area contributed by atoms with E-state index >= 15 is 0 Å². The average molecular weight is 255 g/mol. The Morgan fingerprint density at radius 2 is 2.21 bits per heavy atom. The van der Waals surface area contributed by atoms with E-state index in [1.165, 1.54) is 23.4 Å². The minimum Gasteiger partial charge on any atom is -0.385 e. The monoisotopic (exact) mass is 255 g/mol. The van der Waals surface area contributed by atoms with Gasteiger partial charge < -0.3 is 5.32 Å². The molecule has 0 amide bonds. The van der Waals surface area contributed by atoms with Gasteiger partial charge in [-0.25, -0.2) is 0 Å². The second-order valence-electron chi connectivity index (χ2n) is 5.25. The molecule has 2 aromatic rings. The van der Waals surface area contributed by atoms with Gasteiger partial charge in [-0.05, 0) is 42.9 Å². The van der Waals surface area contributed by atoms with E-state index < -0.39 is 0 Å². The highest BCUT2D eigenvalue weighted by Crippen LogP contribution is 2.33. The number of aryl methyl sites for hydroxylation is 1. The van der Waals surface area contributed by atoms with E-state index in [4.69, 9.17) is 0 Å². The lowest BCUT2D eigenvalue weighted by Crippen LogP contribution is -2.19. The first-order valence-electron chi connectivity index (χ1n) is 7.22. The van der Waals surface area contributed by atoms with Crippen molar-refractivity contribution < 1.29 is 0 Å². The Kier molecular flexibility index (Phi) is 3.53. The van der Waals surface area contributed by atoms with Crippen molar-refractivity contribution in [3.05, 3.63) is 47.8 Å². The first-order chi connectivity index (χ1) is 9.38. The lowest BCUT2D eigenvalue weighted by atomic mass is 9.87. The van der Waals surface area contributed by atoms with Crippen LogP contribution in [0.2, 0.25) is 0 Å². The van der Waals surface area contributed by atoms with Crippen LogP contribution in [0.1, 0.15) is 36.9 Å². The number of aromatic nitrogens is 2. The standard InChI is InChI=1S/C16H21N3/c1-2-11-19-14(8-10-18-19)12-13-7-9-17-16-6-4-3-5-15(13)16/h3-6,8,10,13,17H,2,7,9,11-12H2,1H3. The van der Waals surface area contributed by atoms with Crippen molar-refractivity contribution in [2.75, 3.05) is 11.9 Å². The quantitative estimate of drug-likeness (QED) is 0.907. The summed E-state index contributed by atoms with van der Waals surface area (Å²) in [5.74, 6) is 0.616. The Hall–Kier alpha value is -1.77. The van der Waals surface area contributed by atoms with Crippen LogP contribution >= 0.6 is 0 Å². The molecule has 1 atom stereocenters. The highest BCUT2D eigenvalue weighted by atomic mass is 15.3. The summed E-state index contributed by atoms with van der Waals surface area (Å²) < 4.78 is 2.16. The van der Waals surface area contributed by atoms with Crippen molar-refractivity contribution in [3.8, 4) is 0 Å². The minimum absolute atomic E-state index is 0.616. The third-order valence-corrected chi connectivity index (χ3v) is 3.90. The first-order valence-corrected chi connectivity index (χ1v) is 7.22. The zero-order valence-electron chi connectivity index (χ0n) is 11.5. The van der Waals surface area contributed by atoms with Gasteiger partial charge in [0.2, 0.25) is 0 Å². The fourth-order valence-electron chi connectivity index (χ4n) is 2.96. The molecule has 1 aliphatic rings. The number of rotatable bonds is 4. The van der Waals surface area contributed by atoms with Crippen molar-refractivity contribution in [3.63, 3.8) is 0 Å². The Bertz CT molecular complexity index is 544. The molecule has 0 saturated heterocycles. The fourth-order valence-corrected chi connectivity index (χ4v) is 2.96. The van der Waals surface area contributed by atoms with Crippen molar-refractivity contribution in [2.45, 2.75) is 38.6 Å². The molecule has 19 heavy (non-hydrogen) atoms. The molecule has 0 fully saturated rings. The number of hydrogen-bond acceptors (Lipinski definition) is 2. The zero-order chi connectivity index (χ0) is 13.1. The summed E-state index contributed by atoms with van der Waals surface area (Å²) in [6.07, 6.45) is 5.36. The lowest BCUT2D eigenvalue weighted by molar-refractivity contribution is 0.538. The van der Waals surface area contributed by atoms with E-state index in [1.807, 2.05) is 6.20 Å². The van der Waals surface area contributed by atoms with Gasteiger partial charge in [0.15, 0.2) is 0 Å². The molecule has 1 unspecified atom stereocenters. The van der Waals surface area contributed by atoms with E-state index in [0.717, 1.165) is 25.9 Å². The van der Waals surface area contributed by atoms with Crippen LogP contribution in [0.25, 0.3) is 0 Å². The van der Waals surface area contributed by atoms with Gasteiger partial charge in [-0.15, -0.1) is 0 Å². The normalized spacial score (nSPS) is 17.8. The predicted molar refractivity (Wildman–Crippen MR) is 78.5 cm³/mol. The molecular weight excluding hydrogens is 234 g/mol. The van der Waals surface area contributed by atoms with Crippen LogP contribution in [-0.4, -0.2) is 16.3 Å². The van der Waals surface area contributed by atoms with Gasteiger partial charge in [0.25, 0.3) is 0 Å². The second-order valence-corrected chi connectivity index (χ2v) is 5.25. The minimum atomic E-state index is 0.616. The maximum atomic E-state index is 4.43. The van der Waals surface area contributed by atoms with Crippen LogP contribution in [0, 0.1) is 0 Å². The molecule has 100 valence electrons. The molecular formula is C16H21N3. The highest BCUT2D eigenvalue weighted by molar-refractivity contribution is 5.54. The van der Waals surface area contributed by atoms with Crippen LogP contribution in [0.15, 0.2) is 36.5 Å². The predicted octanol–water partition coefficient (Wildman–Crippen LogP) is 3.44. The molecule has 3 nitrogen and oxygen atoms in total. The molecule has 0 radical (unpaired) electrons. The largest absolute Gasteiger partial charge is 0.385 e. The molecule has 1 aromatic carbocycles. The van der Waals surface area contributed by atoms with Crippen molar-refractivity contribution >= 4 is 5.69 Å². The summed E-state index contributed by atoms with van der Waals surface area (Å²) in [4.78, 5) is 0. The van der Waals surface area contributed by atoms with Gasteiger partial charge in [-0.3, -0.25) is 4.68 Å². The molecule has 0 aliphatic carbocycles. The summed E-state index contributed by atoms with van der Waals surface area (Å²) in [5, 5.41) is 7.92. The van der Waals surface area contributed by atoms with Gasteiger partial charge in [-0.2, -0.15) is 5.10 Å². The summed E-state index contributed by atoms with van der Waals surface area (Å²) in [5.41, 5.74) is 4.13. The maximum absolute atomic E-state index is 4.43. The lowest BCUT2D eigenvalue weighted by Gasteiger charge is -2.26. The molecule has 0 bridgehead atoms. The summed E-state index contributed by atoms with van der Waals surface area (Å²) in [6.45, 7) is 4.30. The van der Waals surface area contributed by atoms with Gasteiger partial charge in [-0.1, -0.05) is 25.1 Å². The number of hydrogen-bond donors (Lipinski definition) is 1. The SMILES string of the molecule is CCCn1nccc1CC1CCNc2ccccc21. The van der Waals surface area contributed by atoms with Crippen molar-refractivity contribution in [1.29, 1.82) is 0 Å². The number of benzene rings is 1. The van der Waals surface area contributed by atoms with Crippen LogP contribution in [0.3, 0.4) is 0 Å². The maximum Gasteiger partial charge on any atom is 0.0492 e. The van der Waals surface area contributed by atoms with Gasteiger partial charge in [0.1, 0.15) is 0 Å². The van der Waals surface area contributed by atoms with Crippen LogP contribution in [-0.2, 0) is 13.0 Å². The molecule has 0 saturated carbocycles. The molecule has 0 spiro atoms. The molecule has 3 heteroatoms. The van der Waals surface area contributed by atoms with Crippen LogP contribution in [0.5, 0.6) is 0 Å². The molecule has 1 aliphatic heterocycles. The van der Waals surface area contributed by atoms with Crippen molar-refractivity contribution in [2.24, 2.45) is 0 Å². The Balaban J connectivity index is 1.82. The second kappa shape index (κ2) is 5.47. The number of fused-ring (bicyclic) bond motifs is 1. The Morgan fingerprint density at radius 3 is 3.11 bits per heavy atom. The van der Waals surface area contributed by atoms with E-state index in [2.05, 4.69) is 52.4 Å². The third-order valence-electron chi connectivity index (χ3n) is 3.90. The van der Waals surface area contributed by atoms with Gasteiger partial charge in [0, 0.05) is 30.7 Å². The fraction of sp³-hybridized carbons (Fsp3) is 0.438. The number of para-hydroxylation sites is 1. The molecule has 1 N–H and O–H groups in total. The van der Waals surface area contributed by atoms with Crippen LogP contribution < -0.4 is 5.32 Å². The molecule has 2 heterocycles. The van der Waals surface area contributed by atoms with Gasteiger partial charge in [0.05, 0.1) is 0 Å². The van der Waals surface area contributed by atoms with E-state index in [9.17, 15) is 0 Å². The number of anilines is 1.